The summed E-state index contributed by atoms with van der Waals surface area (Å²) in [5.74, 6) is -2.94. The van der Waals surface area contributed by atoms with Crippen LogP contribution in [-0.4, -0.2) is 50.7 Å². The van der Waals surface area contributed by atoms with Crippen molar-refractivity contribution in [1.82, 2.24) is 9.88 Å². The van der Waals surface area contributed by atoms with E-state index in [1.54, 1.807) is 0 Å². The molecule has 0 saturated carbocycles. The molecule has 0 aliphatic carbocycles. The van der Waals surface area contributed by atoms with Crippen LogP contribution >= 0.6 is 0 Å². The largest absolute Gasteiger partial charge is 0.480 e. The maximum absolute atomic E-state index is 13.4. The van der Waals surface area contributed by atoms with Crippen LogP contribution in [0.2, 0.25) is 0 Å². The Kier molecular flexibility index (Phi) is 3.24. The zero-order chi connectivity index (χ0) is 13.3. The lowest BCUT2D eigenvalue weighted by atomic mass is 10.2. The molecule has 1 aliphatic heterocycles. The van der Waals surface area contributed by atoms with Crippen LogP contribution in [0.15, 0.2) is 18.3 Å². The zero-order valence-electron chi connectivity index (χ0n) is 9.28. The number of hydrogen-bond acceptors (Lipinski definition) is 4. The molecule has 7 heteroatoms. The number of pyridine rings is 1. The van der Waals surface area contributed by atoms with Crippen LogP contribution in [0.25, 0.3) is 0 Å². The van der Waals surface area contributed by atoms with Gasteiger partial charge in [-0.1, -0.05) is 0 Å². The topological polar surface area (TPSA) is 90.7 Å². The summed E-state index contributed by atoms with van der Waals surface area (Å²) < 4.78 is 13.4. The van der Waals surface area contributed by atoms with Gasteiger partial charge in [-0.3, -0.25) is 4.79 Å². The van der Waals surface area contributed by atoms with Crippen molar-refractivity contribution < 1.29 is 24.2 Å². The number of likely N-dealkylation sites (tertiary alicyclic amines) is 1. The molecular weight excluding hydrogens is 243 g/mol. The molecule has 0 bridgehead atoms. The van der Waals surface area contributed by atoms with Gasteiger partial charge in [-0.2, -0.15) is 4.39 Å². The number of nitrogens with zero attached hydrogens (tertiary/aromatic N) is 2. The van der Waals surface area contributed by atoms with Gasteiger partial charge >= 0.3 is 5.97 Å². The summed E-state index contributed by atoms with van der Waals surface area (Å²) in [7, 11) is 0. The Hall–Kier alpha value is -2.02. The highest BCUT2D eigenvalue weighted by Crippen LogP contribution is 2.21. The Morgan fingerprint density at radius 3 is 2.83 bits per heavy atom. The Balaban J connectivity index is 2.28. The normalized spacial score (nSPS) is 23.1. The molecule has 1 fully saturated rings. The first kappa shape index (κ1) is 12.4. The number of carboxylic acids is 1. The second kappa shape index (κ2) is 4.69. The van der Waals surface area contributed by atoms with Crippen LogP contribution in [-0.2, 0) is 4.79 Å². The molecule has 0 spiro atoms. The number of aromatic nitrogens is 1. The van der Waals surface area contributed by atoms with Gasteiger partial charge in [0.1, 0.15) is 6.04 Å². The van der Waals surface area contributed by atoms with Crippen molar-refractivity contribution in [3.05, 3.63) is 29.8 Å². The van der Waals surface area contributed by atoms with Gasteiger partial charge in [0.2, 0.25) is 5.95 Å². The number of β-amino-alcohol motifs (C(OH)–C–C–N with tert-alkyl or cyclic N) is 1. The molecule has 2 heterocycles. The number of aliphatic hydroxyl groups excluding tert-OH is 1. The standard InChI is InChI=1S/C11H11FN2O4/c12-9-7(2-1-3-13-9)10(16)14-5-6(15)4-8(14)11(17)18/h1-3,6,8,15H,4-5H2,(H,17,18)/t6?,8-/m0/s1. The van der Waals surface area contributed by atoms with E-state index in [1.807, 2.05) is 0 Å². The van der Waals surface area contributed by atoms with Crippen LogP contribution in [0, 0.1) is 5.95 Å². The van der Waals surface area contributed by atoms with Crippen LogP contribution in [0.1, 0.15) is 16.8 Å². The van der Waals surface area contributed by atoms with Gasteiger partial charge in [0.05, 0.1) is 11.7 Å². The van der Waals surface area contributed by atoms with E-state index in [-0.39, 0.29) is 18.5 Å². The molecule has 1 amide bonds. The maximum atomic E-state index is 13.4. The minimum atomic E-state index is -1.22. The average Bonchev–Trinajstić information content (AvgIpc) is 2.71. The predicted octanol–water partition coefficient (Wildman–Crippen LogP) is -0.119. The van der Waals surface area contributed by atoms with Gasteiger partial charge in [-0.05, 0) is 12.1 Å². The molecule has 0 aromatic carbocycles. The lowest BCUT2D eigenvalue weighted by Crippen LogP contribution is -2.41. The number of rotatable bonds is 2. The van der Waals surface area contributed by atoms with E-state index in [0.717, 1.165) is 4.90 Å². The zero-order valence-corrected chi connectivity index (χ0v) is 9.28. The molecule has 18 heavy (non-hydrogen) atoms. The van der Waals surface area contributed by atoms with Crippen molar-refractivity contribution in [2.45, 2.75) is 18.6 Å². The lowest BCUT2D eigenvalue weighted by molar-refractivity contribution is -0.141. The highest BCUT2D eigenvalue weighted by atomic mass is 19.1. The van der Waals surface area contributed by atoms with Gasteiger partial charge in [0.15, 0.2) is 0 Å². The first-order chi connectivity index (χ1) is 8.50. The summed E-state index contributed by atoms with van der Waals surface area (Å²) in [5, 5.41) is 18.4. The van der Waals surface area contributed by atoms with E-state index in [4.69, 9.17) is 5.11 Å². The summed E-state index contributed by atoms with van der Waals surface area (Å²) in [6.45, 7) is -0.121. The third-order valence-corrected chi connectivity index (χ3v) is 2.81. The van der Waals surface area contributed by atoms with Gasteiger partial charge < -0.3 is 15.1 Å². The highest BCUT2D eigenvalue weighted by Gasteiger charge is 2.39. The van der Waals surface area contributed by atoms with Crippen LogP contribution < -0.4 is 0 Å². The first-order valence-corrected chi connectivity index (χ1v) is 5.33. The Morgan fingerprint density at radius 2 is 2.22 bits per heavy atom. The molecule has 96 valence electrons. The molecule has 1 saturated heterocycles. The fraction of sp³-hybridized carbons (Fsp3) is 0.364. The summed E-state index contributed by atoms with van der Waals surface area (Å²) in [4.78, 5) is 27.3. The molecule has 6 nitrogen and oxygen atoms in total. The predicted molar refractivity (Wildman–Crippen MR) is 57.3 cm³/mol. The summed E-state index contributed by atoms with van der Waals surface area (Å²) in [6.07, 6.45) is 0.234. The first-order valence-electron chi connectivity index (χ1n) is 5.33. The van der Waals surface area contributed by atoms with E-state index in [9.17, 15) is 19.1 Å². The number of hydrogen-bond donors (Lipinski definition) is 2. The number of aliphatic hydroxyl groups is 1. The maximum Gasteiger partial charge on any atom is 0.326 e. The van der Waals surface area contributed by atoms with E-state index >= 15 is 0 Å². The average molecular weight is 254 g/mol. The third kappa shape index (κ3) is 2.17. The number of carbonyl (C=O) groups excluding carboxylic acids is 1. The van der Waals surface area contributed by atoms with E-state index in [1.165, 1.54) is 18.3 Å². The smallest absolute Gasteiger partial charge is 0.326 e. The second-order valence-electron chi connectivity index (χ2n) is 4.04. The van der Waals surface area contributed by atoms with Gasteiger partial charge in [-0.25, -0.2) is 9.78 Å². The van der Waals surface area contributed by atoms with Crippen molar-refractivity contribution >= 4 is 11.9 Å². The van der Waals surface area contributed by atoms with Crippen LogP contribution in [0.5, 0.6) is 0 Å². The molecular formula is C11H11FN2O4. The Bertz CT molecular complexity index is 494. The number of halogens is 1. The fourth-order valence-electron chi connectivity index (χ4n) is 1.97. The number of aliphatic carboxylic acids is 1. The van der Waals surface area contributed by atoms with Crippen molar-refractivity contribution in [3.8, 4) is 0 Å². The number of amides is 1. The minimum absolute atomic E-state index is 0.0526. The van der Waals surface area contributed by atoms with E-state index < -0.39 is 30.0 Å². The van der Waals surface area contributed by atoms with E-state index in [0.29, 0.717) is 0 Å². The molecule has 1 aromatic heterocycles. The van der Waals surface area contributed by atoms with Crippen molar-refractivity contribution in [2.24, 2.45) is 0 Å². The SMILES string of the molecule is O=C(O)[C@@H]1CC(O)CN1C(=O)c1cccnc1F. The minimum Gasteiger partial charge on any atom is -0.480 e. The van der Waals surface area contributed by atoms with Gasteiger partial charge in [-0.15, -0.1) is 0 Å². The quantitative estimate of drug-likeness (QED) is 0.718. The third-order valence-electron chi connectivity index (χ3n) is 2.81. The molecule has 1 aliphatic rings. The summed E-state index contributed by atoms with van der Waals surface area (Å²) >= 11 is 0. The monoisotopic (exact) mass is 254 g/mol. The molecule has 1 unspecified atom stereocenters. The molecule has 0 radical (unpaired) electrons. The highest BCUT2D eigenvalue weighted by molar-refractivity contribution is 5.97. The van der Waals surface area contributed by atoms with Crippen molar-refractivity contribution in [2.75, 3.05) is 6.54 Å². The fourth-order valence-corrected chi connectivity index (χ4v) is 1.97. The summed E-state index contributed by atoms with van der Waals surface area (Å²) in [6, 6.07) is 1.49. The van der Waals surface area contributed by atoms with Crippen molar-refractivity contribution in [1.29, 1.82) is 0 Å². The van der Waals surface area contributed by atoms with Gasteiger partial charge in [0.25, 0.3) is 5.91 Å². The number of carbonyl (C=O) groups is 2. The van der Waals surface area contributed by atoms with Gasteiger partial charge in [0, 0.05) is 19.2 Å². The molecule has 1 aromatic rings. The Labute approximate surface area is 102 Å². The molecule has 2 atom stereocenters. The lowest BCUT2D eigenvalue weighted by Gasteiger charge is -2.21. The summed E-state index contributed by atoms with van der Waals surface area (Å²) in [5.41, 5.74) is -0.294. The molecule has 2 N–H and O–H groups in total. The van der Waals surface area contributed by atoms with Crippen molar-refractivity contribution in [3.63, 3.8) is 0 Å². The van der Waals surface area contributed by atoms with Crippen LogP contribution in [0.3, 0.4) is 0 Å². The van der Waals surface area contributed by atoms with E-state index in [2.05, 4.69) is 4.98 Å². The molecule has 2 rings (SSSR count). The Morgan fingerprint density at radius 1 is 1.50 bits per heavy atom. The van der Waals surface area contributed by atoms with Crippen LogP contribution in [0.4, 0.5) is 4.39 Å². The number of carboxylic acid groups (broad SMARTS) is 1. The second-order valence-corrected chi connectivity index (χ2v) is 4.04.